The maximum absolute atomic E-state index is 2.39. The van der Waals surface area contributed by atoms with Crippen LogP contribution in [0.1, 0.15) is 0 Å². The Morgan fingerprint density at radius 2 is 0.902 bits per heavy atom. The van der Waals surface area contributed by atoms with Gasteiger partial charge in [0.2, 0.25) is 0 Å². The number of rotatable bonds is 4. The second-order valence-corrected chi connectivity index (χ2v) is 10.6. The van der Waals surface area contributed by atoms with Crippen LogP contribution in [0.2, 0.25) is 0 Å². The lowest BCUT2D eigenvalue weighted by Crippen LogP contribution is -2.10. The first kappa shape index (κ1) is 23.5. The smallest absolute Gasteiger partial charge is 0.0546 e. The van der Waals surface area contributed by atoms with Gasteiger partial charge in [0.15, 0.2) is 0 Å². The Kier molecular flexibility index (Phi) is 5.53. The van der Waals surface area contributed by atoms with E-state index in [1.165, 1.54) is 59.9 Å². The zero-order chi connectivity index (χ0) is 27.2. The maximum Gasteiger partial charge on any atom is 0.0546 e. The molecule has 0 aromatic heterocycles. The van der Waals surface area contributed by atoms with Crippen molar-refractivity contribution in [1.82, 2.24) is 0 Å². The number of anilines is 3. The van der Waals surface area contributed by atoms with Gasteiger partial charge in [0, 0.05) is 16.8 Å². The molecule has 0 spiro atoms. The third-order valence-electron chi connectivity index (χ3n) is 8.21. The highest BCUT2D eigenvalue weighted by atomic mass is 15.1. The molecule has 1 nitrogen and oxygen atoms in total. The van der Waals surface area contributed by atoms with Crippen molar-refractivity contribution in [2.75, 3.05) is 4.90 Å². The van der Waals surface area contributed by atoms with Gasteiger partial charge >= 0.3 is 0 Å². The Bertz CT molecular complexity index is 2190. The van der Waals surface area contributed by atoms with Crippen molar-refractivity contribution in [3.63, 3.8) is 0 Å². The number of hydrogen-bond donors (Lipinski definition) is 0. The molecular formula is C40H27N. The molecular weight excluding hydrogens is 494 g/mol. The van der Waals surface area contributed by atoms with E-state index in [1.54, 1.807) is 0 Å². The first-order valence-electron chi connectivity index (χ1n) is 14.1. The summed E-state index contributed by atoms with van der Waals surface area (Å²) in [6.45, 7) is 0. The fourth-order valence-electron chi connectivity index (χ4n) is 6.32. The molecule has 0 bridgehead atoms. The molecule has 0 saturated heterocycles. The van der Waals surface area contributed by atoms with Crippen LogP contribution in [0.5, 0.6) is 0 Å². The van der Waals surface area contributed by atoms with Crippen molar-refractivity contribution >= 4 is 60.2 Å². The van der Waals surface area contributed by atoms with Gasteiger partial charge in [-0.15, -0.1) is 0 Å². The standard InChI is InChI=1S/C40H27N/c1-2-14-32(15-3-1)41(33-25-23-30(24-26-33)35-20-10-13-28-11-4-6-16-34(28)35)39-27-31-22-21-29-12-5-7-17-36(29)40(31)38-19-9-8-18-37(38)39/h1-27H. The molecule has 192 valence electrons. The van der Waals surface area contributed by atoms with E-state index in [9.17, 15) is 0 Å². The fourth-order valence-corrected chi connectivity index (χ4v) is 6.32. The summed E-state index contributed by atoms with van der Waals surface area (Å²) < 4.78 is 0. The summed E-state index contributed by atoms with van der Waals surface area (Å²) in [5.74, 6) is 0. The van der Waals surface area contributed by atoms with Crippen LogP contribution in [0, 0.1) is 0 Å². The third-order valence-corrected chi connectivity index (χ3v) is 8.21. The number of hydrogen-bond acceptors (Lipinski definition) is 1. The predicted octanol–water partition coefficient (Wildman–Crippen LogP) is 11.4. The number of fused-ring (bicyclic) bond motifs is 6. The van der Waals surface area contributed by atoms with Gasteiger partial charge in [0.1, 0.15) is 0 Å². The largest absolute Gasteiger partial charge is 0.310 e. The molecule has 8 rings (SSSR count). The van der Waals surface area contributed by atoms with Gasteiger partial charge in [-0.3, -0.25) is 0 Å². The summed E-state index contributed by atoms with van der Waals surface area (Å²) in [5, 5.41) is 10.1. The zero-order valence-corrected chi connectivity index (χ0v) is 22.5. The quantitative estimate of drug-likeness (QED) is 0.208. The Morgan fingerprint density at radius 3 is 1.68 bits per heavy atom. The van der Waals surface area contributed by atoms with E-state index in [1.807, 2.05) is 0 Å². The van der Waals surface area contributed by atoms with Crippen molar-refractivity contribution in [1.29, 1.82) is 0 Å². The van der Waals surface area contributed by atoms with Crippen LogP contribution >= 0.6 is 0 Å². The summed E-state index contributed by atoms with van der Waals surface area (Å²) in [6, 6.07) is 59.2. The molecule has 0 fully saturated rings. The van der Waals surface area contributed by atoms with E-state index in [4.69, 9.17) is 0 Å². The number of benzene rings is 8. The van der Waals surface area contributed by atoms with Crippen molar-refractivity contribution in [2.24, 2.45) is 0 Å². The molecule has 0 aliphatic heterocycles. The molecule has 0 radical (unpaired) electrons. The first-order chi connectivity index (χ1) is 20.3. The highest BCUT2D eigenvalue weighted by Crippen LogP contribution is 2.44. The van der Waals surface area contributed by atoms with Crippen LogP contribution in [0.25, 0.3) is 54.2 Å². The van der Waals surface area contributed by atoms with Crippen molar-refractivity contribution in [3.8, 4) is 11.1 Å². The normalized spacial score (nSPS) is 11.4. The average molecular weight is 522 g/mol. The minimum Gasteiger partial charge on any atom is -0.310 e. The SMILES string of the molecule is c1ccc(N(c2ccc(-c3cccc4ccccc34)cc2)c2cc3ccc4ccccc4c3c3ccccc23)cc1. The van der Waals surface area contributed by atoms with Crippen molar-refractivity contribution in [3.05, 3.63) is 164 Å². The molecule has 1 heteroatoms. The van der Waals surface area contributed by atoms with E-state index in [0.29, 0.717) is 0 Å². The molecule has 0 atom stereocenters. The highest BCUT2D eigenvalue weighted by Gasteiger charge is 2.18. The predicted molar refractivity (Wildman–Crippen MR) is 177 cm³/mol. The van der Waals surface area contributed by atoms with Gasteiger partial charge in [-0.05, 0) is 79.2 Å². The molecule has 0 unspecified atom stereocenters. The molecule has 8 aromatic carbocycles. The number of para-hydroxylation sites is 1. The van der Waals surface area contributed by atoms with Gasteiger partial charge in [-0.1, -0.05) is 133 Å². The topological polar surface area (TPSA) is 3.24 Å². The Hall–Kier alpha value is -5.40. The molecule has 0 aliphatic carbocycles. The minimum atomic E-state index is 1.13. The molecule has 8 aromatic rings. The van der Waals surface area contributed by atoms with Gasteiger partial charge < -0.3 is 4.90 Å². The molecule has 0 aliphatic rings. The van der Waals surface area contributed by atoms with Crippen molar-refractivity contribution in [2.45, 2.75) is 0 Å². The minimum absolute atomic E-state index is 1.13. The number of nitrogens with zero attached hydrogens (tertiary/aromatic N) is 1. The summed E-state index contributed by atoms with van der Waals surface area (Å²) >= 11 is 0. The van der Waals surface area contributed by atoms with E-state index >= 15 is 0 Å². The van der Waals surface area contributed by atoms with E-state index in [2.05, 4.69) is 169 Å². The van der Waals surface area contributed by atoms with Gasteiger partial charge in [0.25, 0.3) is 0 Å². The second kappa shape index (κ2) is 9.66. The Balaban J connectivity index is 1.35. The Labute approximate surface area is 239 Å². The molecule has 0 heterocycles. The summed E-state index contributed by atoms with van der Waals surface area (Å²) in [7, 11) is 0. The van der Waals surface area contributed by atoms with Crippen LogP contribution < -0.4 is 4.90 Å². The molecule has 0 saturated carbocycles. The lowest BCUT2D eigenvalue weighted by Gasteiger charge is -2.28. The second-order valence-electron chi connectivity index (χ2n) is 10.6. The summed E-state index contributed by atoms with van der Waals surface area (Å²) in [6.07, 6.45) is 0. The monoisotopic (exact) mass is 521 g/mol. The third kappa shape index (κ3) is 3.94. The lowest BCUT2D eigenvalue weighted by atomic mass is 9.94. The van der Waals surface area contributed by atoms with E-state index < -0.39 is 0 Å². The summed E-state index contributed by atoms with van der Waals surface area (Å²) in [4.78, 5) is 2.39. The average Bonchev–Trinajstić information content (AvgIpc) is 3.05. The van der Waals surface area contributed by atoms with E-state index in [0.717, 1.165) is 11.4 Å². The van der Waals surface area contributed by atoms with Gasteiger partial charge in [0.05, 0.1) is 5.69 Å². The first-order valence-corrected chi connectivity index (χ1v) is 14.1. The van der Waals surface area contributed by atoms with Crippen LogP contribution in [-0.2, 0) is 0 Å². The van der Waals surface area contributed by atoms with Gasteiger partial charge in [-0.25, -0.2) is 0 Å². The maximum atomic E-state index is 2.39. The van der Waals surface area contributed by atoms with Crippen LogP contribution in [0.15, 0.2) is 164 Å². The lowest BCUT2D eigenvalue weighted by molar-refractivity contribution is 1.30. The van der Waals surface area contributed by atoms with Crippen LogP contribution in [0.4, 0.5) is 17.1 Å². The molecule has 0 amide bonds. The summed E-state index contributed by atoms with van der Waals surface area (Å²) in [5.41, 5.74) is 5.91. The Morgan fingerprint density at radius 1 is 0.341 bits per heavy atom. The fraction of sp³-hybridized carbons (Fsp3) is 0. The van der Waals surface area contributed by atoms with Crippen molar-refractivity contribution < 1.29 is 0 Å². The van der Waals surface area contributed by atoms with Crippen LogP contribution in [0.3, 0.4) is 0 Å². The van der Waals surface area contributed by atoms with Crippen LogP contribution in [-0.4, -0.2) is 0 Å². The zero-order valence-electron chi connectivity index (χ0n) is 22.5. The molecule has 41 heavy (non-hydrogen) atoms. The highest BCUT2D eigenvalue weighted by molar-refractivity contribution is 6.23. The van der Waals surface area contributed by atoms with E-state index in [-0.39, 0.29) is 0 Å². The van der Waals surface area contributed by atoms with Gasteiger partial charge in [-0.2, -0.15) is 0 Å². The molecule has 0 N–H and O–H groups in total.